The molecule has 4 unspecified atom stereocenters. The molecule has 0 aliphatic heterocycles. The lowest BCUT2D eigenvalue weighted by Gasteiger charge is -2.20. The predicted octanol–water partition coefficient (Wildman–Crippen LogP) is 0.414. The van der Waals surface area contributed by atoms with Crippen LogP contribution in [0.25, 0.3) is 0 Å². The number of carbonyl (C=O) groups excluding carboxylic acids is 1. The number of ether oxygens (including phenoxy) is 1. The van der Waals surface area contributed by atoms with Crippen LogP contribution in [0.1, 0.15) is 12.8 Å². The summed E-state index contributed by atoms with van der Waals surface area (Å²) in [5.41, 5.74) is 0. The van der Waals surface area contributed by atoms with Crippen LogP contribution in [0, 0.1) is 17.8 Å². The summed E-state index contributed by atoms with van der Waals surface area (Å²) in [6.45, 7) is -0.00225. The van der Waals surface area contributed by atoms with Gasteiger partial charge in [0.15, 0.2) is 6.04 Å². The summed E-state index contributed by atoms with van der Waals surface area (Å²) in [7, 11) is 1.42. The lowest BCUT2D eigenvalue weighted by atomic mass is 9.92. The monoisotopic (exact) mass is 239 g/mol. The number of amides is 1. The number of carbonyl (C=O) groups is 2. The lowest BCUT2D eigenvalue weighted by Crippen LogP contribution is -2.46. The van der Waals surface area contributed by atoms with Crippen molar-refractivity contribution in [2.24, 2.45) is 17.8 Å². The molecule has 0 aromatic carbocycles. The van der Waals surface area contributed by atoms with Crippen molar-refractivity contribution in [1.29, 1.82) is 0 Å². The van der Waals surface area contributed by atoms with Crippen molar-refractivity contribution in [3.63, 3.8) is 0 Å². The zero-order valence-electron chi connectivity index (χ0n) is 9.76. The first-order chi connectivity index (χ1) is 8.11. The molecule has 0 aromatic heterocycles. The van der Waals surface area contributed by atoms with Crippen molar-refractivity contribution >= 4 is 11.9 Å². The van der Waals surface area contributed by atoms with Gasteiger partial charge in [-0.3, -0.25) is 4.79 Å². The van der Waals surface area contributed by atoms with Crippen LogP contribution >= 0.6 is 0 Å². The molecule has 2 bridgehead atoms. The van der Waals surface area contributed by atoms with E-state index in [2.05, 4.69) is 17.5 Å². The fraction of sp³-hybridized carbons (Fsp3) is 0.667. The van der Waals surface area contributed by atoms with Crippen molar-refractivity contribution in [2.75, 3.05) is 13.7 Å². The highest BCUT2D eigenvalue weighted by atomic mass is 16.5. The van der Waals surface area contributed by atoms with E-state index in [1.165, 1.54) is 7.11 Å². The molecule has 1 saturated carbocycles. The Kier molecular flexibility index (Phi) is 3.47. The molecule has 2 rings (SSSR count). The maximum absolute atomic E-state index is 12.0. The Hall–Kier alpha value is -1.36. The lowest BCUT2D eigenvalue weighted by molar-refractivity contribution is -0.144. The Morgan fingerprint density at radius 3 is 2.71 bits per heavy atom. The molecule has 17 heavy (non-hydrogen) atoms. The Morgan fingerprint density at radius 2 is 2.24 bits per heavy atom. The van der Waals surface area contributed by atoms with E-state index < -0.39 is 12.0 Å². The van der Waals surface area contributed by atoms with E-state index in [0.29, 0.717) is 5.92 Å². The molecular weight excluding hydrogens is 222 g/mol. The van der Waals surface area contributed by atoms with Crippen molar-refractivity contribution in [3.8, 4) is 0 Å². The summed E-state index contributed by atoms with van der Waals surface area (Å²) >= 11 is 0. The van der Waals surface area contributed by atoms with E-state index in [-0.39, 0.29) is 24.3 Å². The van der Waals surface area contributed by atoms with Crippen LogP contribution in [0.5, 0.6) is 0 Å². The maximum atomic E-state index is 12.0. The van der Waals surface area contributed by atoms with Crippen LogP contribution in [0.4, 0.5) is 0 Å². The first kappa shape index (κ1) is 12.1. The second kappa shape index (κ2) is 4.87. The van der Waals surface area contributed by atoms with E-state index in [1.54, 1.807) is 0 Å². The Morgan fingerprint density at radius 1 is 1.47 bits per heavy atom. The molecule has 0 heterocycles. The van der Waals surface area contributed by atoms with Gasteiger partial charge in [0, 0.05) is 13.0 Å². The fourth-order valence-corrected chi connectivity index (χ4v) is 2.70. The fourth-order valence-electron chi connectivity index (χ4n) is 2.70. The van der Waals surface area contributed by atoms with Crippen molar-refractivity contribution < 1.29 is 19.4 Å². The number of methoxy groups -OCH3 is 1. The van der Waals surface area contributed by atoms with E-state index in [9.17, 15) is 9.59 Å². The number of hydrogen-bond acceptors (Lipinski definition) is 3. The van der Waals surface area contributed by atoms with Gasteiger partial charge in [-0.15, -0.1) is 0 Å². The molecule has 0 aromatic rings. The van der Waals surface area contributed by atoms with Gasteiger partial charge >= 0.3 is 5.97 Å². The zero-order valence-corrected chi connectivity index (χ0v) is 9.76. The molecule has 5 heteroatoms. The molecule has 94 valence electrons. The van der Waals surface area contributed by atoms with Crippen LogP contribution in [-0.4, -0.2) is 36.7 Å². The van der Waals surface area contributed by atoms with Crippen molar-refractivity contribution in [1.82, 2.24) is 5.32 Å². The van der Waals surface area contributed by atoms with Crippen LogP contribution < -0.4 is 5.32 Å². The SMILES string of the molecule is COCC(NC(=O)C1CC2C=CC1C2)C(=O)O. The smallest absolute Gasteiger partial charge is 0.328 e. The highest BCUT2D eigenvalue weighted by molar-refractivity contribution is 5.85. The minimum Gasteiger partial charge on any atom is -0.480 e. The van der Waals surface area contributed by atoms with E-state index in [4.69, 9.17) is 9.84 Å². The first-order valence-corrected chi connectivity index (χ1v) is 5.82. The third-order valence-corrected chi connectivity index (χ3v) is 3.56. The van der Waals surface area contributed by atoms with Crippen molar-refractivity contribution in [3.05, 3.63) is 12.2 Å². The number of carboxylic acid groups (broad SMARTS) is 1. The summed E-state index contributed by atoms with van der Waals surface area (Å²) in [5.74, 6) is -0.493. The minimum absolute atomic E-state index is 0.00225. The van der Waals surface area contributed by atoms with Gasteiger partial charge in [0.25, 0.3) is 0 Å². The predicted molar refractivity (Wildman–Crippen MR) is 60.3 cm³/mol. The number of nitrogens with one attached hydrogen (secondary N) is 1. The summed E-state index contributed by atoms with van der Waals surface area (Å²) in [6, 6.07) is -0.949. The second-order valence-corrected chi connectivity index (χ2v) is 4.74. The number of rotatable bonds is 5. The zero-order chi connectivity index (χ0) is 12.4. The third-order valence-electron chi connectivity index (χ3n) is 3.56. The van der Waals surface area contributed by atoms with Gasteiger partial charge in [-0.2, -0.15) is 0 Å². The van der Waals surface area contributed by atoms with Gasteiger partial charge in [-0.05, 0) is 24.7 Å². The minimum atomic E-state index is -1.06. The van der Waals surface area contributed by atoms with Crippen LogP contribution in [0.3, 0.4) is 0 Å². The van der Waals surface area contributed by atoms with E-state index in [0.717, 1.165) is 12.8 Å². The van der Waals surface area contributed by atoms with Crippen molar-refractivity contribution in [2.45, 2.75) is 18.9 Å². The molecule has 1 amide bonds. The molecule has 0 saturated heterocycles. The number of carboxylic acids is 1. The second-order valence-electron chi connectivity index (χ2n) is 4.74. The van der Waals surface area contributed by atoms with Gasteiger partial charge in [-0.1, -0.05) is 12.2 Å². The molecule has 1 fully saturated rings. The topological polar surface area (TPSA) is 75.6 Å². The van der Waals surface area contributed by atoms with Crippen LogP contribution in [0.2, 0.25) is 0 Å². The first-order valence-electron chi connectivity index (χ1n) is 5.82. The molecule has 2 aliphatic carbocycles. The van der Waals surface area contributed by atoms with Crippen LogP contribution in [0.15, 0.2) is 12.2 Å². The standard InChI is InChI=1S/C12H17NO4/c1-17-6-10(12(15)16)13-11(14)9-5-7-2-3-8(9)4-7/h2-3,7-10H,4-6H2,1H3,(H,13,14)(H,15,16). The van der Waals surface area contributed by atoms with Crippen LogP contribution in [-0.2, 0) is 14.3 Å². The van der Waals surface area contributed by atoms with E-state index in [1.807, 2.05) is 0 Å². The molecule has 5 nitrogen and oxygen atoms in total. The number of aliphatic carboxylic acids is 1. The summed E-state index contributed by atoms with van der Waals surface area (Å²) in [6.07, 6.45) is 6.09. The van der Waals surface area contributed by atoms with Gasteiger partial charge < -0.3 is 15.2 Å². The highest BCUT2D eigenvalue weighted by Crippen LogP contribution is 2.43. The van der Waals surface area contributed by atoms with Gasteiger partial charge in [0.05, 0.1) is 6.61 Å². The largest absolute Gasteiger partial charge is 0.480 e. The Labute approximate surface area is 99.8 Å². The summed E-state index contributed by atoms with van der Waals surface area (Å²) in [5, 5.41) is 11.5. The highest BCUT2D eigenvalue weighted by Gasteiger charge is 2.40. The Bertz CT molecular complexity index is 352. The quantitative estimate of drug-likeness (QED) is 0.681. The maximum Gasteiger partial charge on any atom is 0.328 e. The molecular formula is C12H17NO4. The number of hydrogen-bond donors (Lipinski definition) is 2. The molecule has 0 radical (unpaired) electrons. The third kappa shape index (κ3) is 2.49. The molecule has 4 atom stereocenters. The normalized spacial score (nSPS) is 31.5. The number of allylic oxidation sites excluding steroid dienone is 2. The summed E-state index contributed by atoms with van der Waals surface area (Å²) in [4.78, 5) is 22.9. The van der Waals surface area contributed by atoms with Gasteiger partial charge in [0.2, 0.25) is 5.91 Å². The molecule has 0 spiro atoms. The summed E-state index contributed by atoms with van der Waals surface area (Å²) < 4.78 is 4.78. The van der Waals surface area contributed by atoms with Gasteiger partial charge in [-0.25, -0.2) is 4.79 Å². The molecule has 2 N–H and O–H groups in total. The Balaban J connectivity index is 1.92. The molecule has 2 aliphatic rings. The average Bonchev–Trinajstić information content (AvgIpc) is 2.89. The average molecular weight is 239 g/mol. The van der Waals surface area contributed by atoms with Gasteiger partial charge in [0.1, 0.15) is 0 Å². The number of fused-ring (bicyclic) bond motifs is 2. The van der Waals surface area contributed by atoms with E-state index >= 15 is 0 Å².